The van der Waals surface area contributed by atoms with E-state index in [0.717, 1.165) is 42.9 Å². The predicted octanol–water partition coefficient (Wildman–Crippen LogP) is 5.70. The number of nitrogens with one attached hydrogen (secondary N) is 1. The van der Waals surface area contributed by atoms with Crippen LogP contribution in [0, 0.1) is 0 Å². The zero-order chi connectivity index (χ0) is 20.6. The van der Waals surface area contributed by atoms with E-state index in [0.29, 0.717) is 19.3 Å². The topological polar surface area (TPSA) is 30.5 Å². The highest BCUT2D eigenvalue weighted by Gasteiger charge is 2.24. The first-order chi connectivity index (χ1) is 14.8. The van der Waals surface area contributed by atoms with Gasteiger partial charge < -0.3 is 14.8 Å². The van der Waals surface area contributed by atoms with Gasteiger partial charge in [-0.15, -0.1) is 0 Å². The average Bonchev–Trinajstić information content (AvgIpc) is 2.81. The van der Waals surface area contributed by atoms with Crippen molar-refractivity contribution in [3.8, 4) is 11.5 Å². The van der Waals surface area contributed by atoms with Gasteiger partial charge in [0.25, 0.3) is 0 Å². The molecule has 0 saturated carbocycles. The van der Waals surface area contributed by atoms with Gasteiger partial charge in [0, 0.05) is 11.6 Å². The Morgan fingerprint density at radius 1 is 0.833 bits per heavy atom. The van der Waals surface area contributed by atoms with Crippen LogP contribution in [0.15, 0.2) is 72.8 Å². The molecule has 0 bridgehead atoms. The molecule has 0 saturated heterocycles. The molecule has 0 fully saturated rings. The Labute approximate surface area is 180 Å². The number of rotatable bonds is 9. The predicted molar refractivity (Wildman–Crippen MR) is 122 cm³/mol. The van der Waals surface area contributed by atoms with Crippen LogP contribution in [0.5, 0.6) is 11.5 Å². The van der Waals surface area contributed by atoms with Crippen molar-refractivity contribution in [3.63, 3.8) is 0 Å². The second-order valence-corrected chi connectivity index (χ2v) is 7.97. The minimum absolute atomic E-state index is 0.544. The van der Waals surface area contributed by atoms with Crippen molar-refractivity contribution in [2.75, 3.05) is 6.54 Å². The molecular formula is C27H31NO2. The number of benzene rings is 3. The molecule has 1 atom stereocenters. The van der Waals surface area contributed by atoms with Crippen LogP contribution in [0.3, 0.4) is 0 Å². The Hall–Kier alpha value is -2.78. The third-order valence-corrected chi connectivity index (χ3v) is 5.68. The summed E-state index contributed by atoms with van der Waals surface area (Å²) >= 11 is 0. The van der Waals surface area contributed by atoms with Crippen molar-refractivity contribution in [3.05, 3.63) is 95.1 Å². The summed E-state index contributed by atoms with van der Waals surface area (Å²) in [5.74, 6) is 1.76. The summed E-state index contributed by atoms with van der Waals surface area (Å²) in [4.78, 5) is 0. The van der Waals surface area contributed by atoms with Gasteiger partial charge in [0.15, 0.2) is 11.5 Å². The van der Waals surface area contributed by atoms with Crippen molar-refractivity contribution in [2.45, 2.75) is 51.9 Å². The minimum atomic E-state index is 0.544. The highest BCUT2D eigenvalue weighted by Crippen LogP contribution is 2.38. The molecule has 0 heterocycles. The average molecular weight is 402 g/mol. The first kappa shape index (κ1) is 20.5. The fraction of sp³-hybridized carbons (Fsp3) is 0.333. The summed E-state index contributed by atoms with van der Waals surface area (Å²) < 4.78 is 12.6. The molecule has 1 aliphatic rings. The molecule has 1 unspecified atom stereocenters. The Kier molecular flexibility index (Phi) is 7.04. The van der Waals surface area contributed by atoms with Gasteiger partial charge in [-0.25, -0.2) is 0 Å². The fourth-order valence-electron chi connectivity index (χ4n) is 4.06. The quantitative estimate of drug-likeness (QED) is 0.499. The van der Waals surface area contributed by atoms with Crippen LogP contribution in [0.2, 0.25) is 0 Å². The lowest BCUT2D eigenvalue weighted by atomic mass is 9.87. The maximum absolute atomic E-state index is 6.38. The molecule has 3 aromatic rings. The van der Waals surface area contributed by atoms with Crippen molar-refractivity contribution in [1.82, 2.24) is 5.32 Å². The van der Waals surface area contributed by atoms with Gasteiger partial charge in [-0.2, -0.15) is 0 Å². The van der Waals surface area contributed by atoms with E-state index in [4.69, 9.17) is 9.47 Å². The molecule has 1 N–H and O–H groups in total. The second-order valence-electron chi connectivity index (χ2n) is 7.97. The van der Waals surface area contributed by atoms with Gasteiger partial charge >= 0.3 is 0 Å². The molecule has 0 spiro atoms. The third-order valence-electron chi connectivity index (χ3n) is 5.68. The number of hydrogen-bond donors (Lipinski definition) is 1. The zero-order valence-corrected chi connectivity index (χ0v) is 17.8. The normalized spacial score (nSPS) is 15.4. The lowest BCUT2D eigenvalue weighted by Gasteiger charge is -2.28. The summed E-state index contributed by atoms with van der Waals surface area (Å²) in [5.41, 5.74) is 5.02. The van der Waals surface area contributed by atoms with Crippen LogP contribution in [-0.2, 0) is 26.1 Å². The summed E-state index contributed by atoms with van der Waals surface area (Å²) in [6.07, 6.45) is 4.37. The number of hydrogen-bond acceptors (Lipinski definition) is 3. The number of ether oxygens (including phenoxy) is 2. The monoisotopic (exact) mass is 401 g/mol. The van der Waals surface area contributed by atoms with Crippen molar-refractivity contribution >= 4 is 0 Å². The van der Waals surface area contributed by atoms with Crippen LogP contribution in [-0.4, -0.2) is 12.6 Å². The van der Waals surface area contributed by atoms with E-state index >= 15 is 0 Å². The first-order valence-corrected chi connectivity index (χ1v) is 11.0. The lowest BCUT2D eigenvalue weighted by molar-refractivity contribution is 0.252. The summed E-state index contributed by atoms with van der Waals surface area (Å²) in [6, 6.07) is 25.5. The van der Waals surface area contributed by atoms with Crippen LogP contribution >= 0.6 is 0 Å². The standard InChI is InChI=1S/C27H31NO2/c1-2-17-28-24-14-15-25-23(18-24)13-16-26(29-19-21-9-5-3-6-10-21)27(25)30-20-22-11-7-4-8-12-22/h3-13,16,24,28H,2,14-15,17-20H2,1H3. The third kappa shape index (κ3) is 5.22. The smallest absolute Gasteiger partial charge is 0.165 e. The summed E-state index contributed by atoms with van der Waals surface area (Å²) in [5, 5.41) is 3.68. The molecule has 1 aliphatic carbocycles. The van der Waals surface area contributed by atoms with Crippen molar-refractivity contribution in [1.29, 1.82) is 0 Å². The molecule has 0 aromatic heterocycles. The van der Waals surface area contributed by atoms with E-state index in [9.17, 15) is 0 Å². The molecule has 4 rings (SSSR count). The van der Waals surface area contributed by atoms with Gasteiger partial charge in [0.1, 0.15) is 13.2 Å². The lowest BCUT2D eigenvalue weighted by Crippen LogP contribution is -2.35. The Bertz CT molecular complexity index is 924. The molecular weight excluding hydrogens is 370 g/mol. The molecule has 3 heteroatoms. The van der Waals surface area contributed by atoms with Crippen LogP contribution in [0.4, 0.5) is 0 Å². The van der Waals surface area contributed by atoms with Crippen LogP contribution < -0.4 is 14.8 Å². The van der Waals surface area contributed by atoms with E-state index in [1.54, 1.807) is 0 Å². The Balaban J connectivity index is 1.55. The molecule has 30 heavy (non-hydrogen) atoms. The highest BCUT2D eigenvalue weighted by atomic mass is 16.5. The molecule has 3 nitrogen and oxygen atoms in total. The maximum atomic E-state index is 6.38. The zero-order valence-electron chi connectivity index (χ0n) is 17.8. The van der Waals surface area contributed by atoms with E-state index in [1.807, 2.05) is 24.3 Å². The van der Waals surface area contributed by atoms with Gasteiger partial charge in [0.05, 0.1) is 0 Å². The number of fused-ring (bicyclic) bond motifs is 1. The largest absolute Gasteiger partial charge is 0.485 e. The van der Waals surface area contributed by atoms with Gasteiger partial charge in [-0.05, 0) is 55.0 Å². The molecule has 3 aromatic carbocycles. The van der Waals surface area contributed by atoms with Crippen LogP contribution in [0.25, 0.3) is 0 Å². The molecule has 0 aliphatic heterocycles. The van der Waals surface area contributed by atoms with E-state index in [2.05, 4.69) is 60.8 Å². The summed E-state index contributed by atoms with van der Waals surface area (Å²) in [7, 11) is 0. The SMILES string of the molecule is CCCNC1CCc2c(ccc(OCc3ccccc3)c2OCc2ccccc2)C1. The van der Waals surface area contributed by atoms with E-state index in [-0.39, 0.29) is 0 Å². The van der Waals surface area contributed by atoms with Crippen LogP contribution in [0.1, 0.15) is 42.0 Å². The Morgan fingerprint density at radius 2 is 1.50 bits per heavy atom. The second kappa shape index (κ2) is 10.3. The summed E-state index contributed by atoms with van der Waals surface area (Å²) in [6.45, 7) is 4.39. The van der Waals surface area contributed by atoms with Crippen molar-refractivity contribution < 1.29 is 9.47 Å². The van der Waals surface area contributed by atoms with Gasteiger partial charge in [-0.1, -0.05) is 73.7 Å². The van der Waals surface area contributed by atoms with Crippen molar-refractivity contribution in [2.24, 2.45) is 0 Å². The van der Waals surface area contributed by atoms with Gasteiger partial charge in [0.2, 0.25) is 0 Å². The molecule has 156 valence electrons. The minimum Gasteiger partial charge on any atom is -0.485 e. The maximum Gasteiger partial charge on any atom is 0.165 e. The van der Waals surface area contributed by atoms with Gasteiger partial charge in [-0.3, -0.25) is 0 Å². The first-order valence-electron chi connectivity index (χ1n) is 11.0. The molecule has 0 radical (unpaired) electrons. The highest BCUT2D eigenvalue weighted by molar-refractivity contribution is 5.52. The molecule has 0 amide bonds. The van der Waals surface area contributed by atoms with E-state index in [1.165, 1.54) is 23.1 Å². The fourth-order valence-corrected chi connectivity index (χ4v) is 4.06. The van der Waals surface area contributed by atoms with E-state index < -0.39 is 0 Å². The Morgan fingerprint density at radius 3 is 2.17 bits per heavy atom.